The highest BCUT2D eigenvalue weighted by Gasteiger charge is 2.12. The van der Waals surface area contributed by atoms with Gasteiger partial charge in [-0.1, -0.05) is 11.8 Å². The Hall–Kier alpha value is -1.73. The Morgan fingerprint density at radius 2 is 2.00 bits per heavy atom. The lowest BCUT2D eigenvalue weighted by atomic mass is 10.3. The predicted octanol–water partition coefficient (Wildman–Crippen LogP) is 3.70. The monoisotopic (exact) mass is 295 g/mol. The van der Waals surface area contributed by atoms with E-state index in [1.807, 2.05) is 11.4 Å². The van der Waals surface area contributed by atoms with Crippen molar-refractivity contribution in [2.24, 2.45) is 0 Å². The maximum absolute atomic E-state index is 13.6. The van der Waals surface area contributed by atoms with Gasteiger partial charge in [-0.25, -0.2) is 18.7 Å². The maximum Gasteiger partial charge on any atom is 0.222 e. The van der Waals surface area contributed by atoms with Crippen molar-refractivity contribution >= 4 is 39.3 Å². The first-order chi connectivity index (χ1) is 9.13. The van der Waals surface area contributed by atoms with Gasteiger partial charge >= 0.3 is 0 Å². The van der Waals surface area contributed by atoms with Gasteiger partial charge in [-0.15, -0.1) is 11.3 Å². The lowest BCUT2D eigenvalue weighted by Crippen LogP contribution is -1.95. The second kappa shape index (κ2) is 4.75. The van der Waals surface area contributed by atoms with Crippen molar-refractivity contribution in [3.05, 3.63) is 41.3 Å². The minimum atomic E-state index is -0.620. The quantitative estimate of drug-likeness (QED) is 0.732. The zero-order valence-electron chi connectivity index (χ0n) is 9.43. The van der Waals surface area contributed by atoms with Crippen LogP contribution in [0.5, 0.6) is 0 Å². The molecule has 3 aromatic rings. The SMILES string of the molecule is Nc1nc(Sc2ccc(F)cc2F)c2ccsc2n1. The van der Waals surface area contributed by atoms with Crippen LogP contribution in [0.15, 0.2) is 39.6 Å². The van der Waals surface area contributed by atoms with E-state index >= 15 is 0 Å². The Kier molecular flexibility index (Phi) is 3.08. The first kappa shape index (κ1) is 12.3. The van der Waals surface area contributed by atoms with Gasteiger partial charge in [-0.05, 0) is 23.6 Å². The van der Waals surface area contributed by atoms with Crippen molar-refractivity contribution < 1.29 is 8.78 Å². The number of nitrogens with zero attached hydrogens (tertiary/aromatic N) is 2. The number of nitrogen functional groups attached to an aromatic ring is 1. The number of anilines is 1. The summed E-state index contributed by atoms with van der Waals surface area (Å²) >= 11 is 2.54. The molecule has 0 radical (unpaired) electrons. The summed E-state index contributed by atoms with van der Waals surface area (Å²) in [6.45, 7) is 0. The van der Waals surface area contributed by atoms with Crippen LogP contribution in [0, 0.1) is 11.6 Å². The summed E-state index contributed by atoms with van der Waals surface area (Å²) in [5, 5.41) is 3.24. The molecule has 2 heterocycles. The molecule has 0 aliphatic rings. The normalized spacial score (nSPS) is 11.1. The maximum atomic E-state index is 13.6. The number of thiophene rings is 1. The molecular formula is C12H7F2N3S2. The fourth-order valence-electron chi connectivity index (χ4n) is 1.58. The molecular weight excluding hydrogens is 288 g/mol. The van der Waals surface area contributed by atoms with Crippen molar-refractivity contribution in [1.82, 2.24) is 9.97 Å². The summed E-state index contributed by atoms with van der Waals surface area (Å²) in [6, 6.07) is 5.29. The van der Waals surface area contributed by atoms with Gasteiger partial charge in [0.05, 0.1) is 0 Å². The average molecular weight is 295 g/mol. The van der Waals surface area contributed by atoms with Crippen molar-refractivity contribution in [1.29, 1.82) is 0 Å². The van der Waals surface area contributed by atoms with Gasteiger partial charge in [-0.3, -0.25) is 0 Å². The molecule has 2 aromatic heterocycles. The van der Waals surface area contributed by atoms with E-state index in [2.05, 4.69) is 9.97 Å². The minimum Gasteiger partial charge on any atom is -0.368 e. The van der Waals surface area contributed by atoms with E-state index in [9.17, 15) is 8.78 Å². The van der Waals surface area contributed by atoms with Gasteiger partial charge in [0.1, 0.15) is 21.5 Å². The molecule has 0 bridgehead atoms. The molecule has 19 heavy (non-hydrogen) atoms. The van der Waals surface area contributed by atoms with Crippen LogP contribution in [0.2, 0.25) is 0 Å². The van der Waals surface area contributed by atoms with Gasteiger partial charge in [0.25, 0.3) is 0 Å². The summed E-state index contributed by atoms with van der Waals surface area (Å²) < 4.78 is 26.5. The Labute approximate surface area is 115 Å². The number of rotatable bonds is 2. The third-order valence-electron chi connectivity index (χ3n) is 2.41. The van der Waals surface area contributed by atoms with Gasteiger partial charge < -0.3 is 5.73 Å². The van der Waals surface area contributed by atoms with Crippen molar-refractivity contribution in [2.45, 2.75) is 9.92 Å². The first-order valence-corrected chi connectivity index (χ1v) is 6.97. The van der Waals surface area contributed by atoms with E-state index in [-0.39, 0.29) is 5.95 Å². The Morgan fingerprint density at radius 3 is 2.79 bits per heavy atom. The molecule has 0 atom stereocenters. The molecule has 0 amide bonds. The predicted molar refractivity (Wildman–Crippen MR) is 72.3 cm³/mol. The summed E-state index contributed by atoms with van der Waals surface area (Å²) in [6.07, 6.45) is 0. The average Bonchev–Trinajstić information content (AvgIpc) is 2.80. The number of nitrogens with two attached hydrogens (primary N) is 1. The fourth-order valence-corrected chi connectivity index (χ4v) is 3.33. The van der Waals surface area contributed by atoms with Crippen LogP contribution in [0.25, 0.3) is 10.2 Å². The summed E-state index contributed by atoms with van der Waals surface area (Å²) in [5.41, 5.74) is 5.62. The van der Waals surface area contributed by atoms with Gasteiger partial charge in [0.15, 0.2) is 0 Å². The van der Waals surface area contributed by atoms with E-state index in [0.29, 0.717) is 9.92 Å². The Bertz CT molecular complexity index is 758. The minimum absolute atomic E-state index is 0.139. The van der Waals surface area contributed by atoms with Crippen LogP contribution in [-0.2, 0) is 0 Å². The van der Waals surface area contributed by atoms with Crippen LogP contribution in [0.3, 0.4) is 0 Å². The Morgan fingerprint density at radius 1 is 1.16 bits per heavy atom. The van der Waals surface area contributed by atoms with Crippen molar-refractivity contribution in [2.75, 3.05) is 5.73 Å². The van der Waals surface area contributed by atoms with Gasteiger partial charge in [-0.2, -0.15) is 0 Å². The molecule has 1 aromatic carbocycles. The molecule has 7 heteroatoms. The van der Waals surface area contributed by atoms with Gasteiger partial charge in [0.2, 0.25) is 5.95 Å². The number of benzene rings is 1. The van der Waals surface area contributed by atoms with E-state index in [4.69, 9.17) is 5.73 Å². The molecule has 3 rings (SSSR count). The number of hydrogen-bond donors (Lipinski definition) is 1. The number of fused-ring (bicyclic) bond motifs is 1. The zero-order valence-corrected chi connectivity index (χ0v) is 11.1. The molecule has 0 spiro atoms. The number of halogens is 2. The molecule has 0 fully saturated rings. The van der Waals surface area contributed by atoms with Crippen molar-refractivity contribution in [3.63, 3.8) is 0 Å². The standard InChI is InChI=1S/C12H7F2N3S2/c13-6-1-2-9(8(14)5-6)19-11-7-3-4-18-10(7)16-12(15)17-11/h1-5H,(H2,15,16,17). The third kappa shape index (κ3) is 2.39. The van der Waals surface area contributed by atoms with E-state index in [1.54, 1.807) is 0 Å². The smallest absolute Gasteiger partial charge is 0.222 e. The summed E-state index contributed by atoms with van der Waals surface area (Å²) in [7, 11) is 0. The first-order valence-electron chi connectivity index (χ1n) is 5.27. The van der Waals surface area contributed by atoms with Crippen LogP contribution in [-0.4, -0.2) is 9.97 Å². The van der Waals surface area contributed by atoms with E-state index in [0.717, 1.165) is 28.0 Å². The molecule has 0 saturated heterocycles. The molecule has 96 valence electrons. The topological polar surface area (TPSA) is 51.8 Å². The second-order valence-corrected chi connectivity index (χ2v) is 5.63. The van der Waals surface area contributed by atoms with Crippen molar-refractivity contribution in [3.8, 4) is 0 Å². The molecule has 0 saturated carbocycles. The molecule has 3 nitrogen and oxygen atoms in total. The van der Waals surface area contributed by atoms with Crippen LogP contribution in [0.1, 0.15) is 0 Å². The Balaban J connectivity index is 2.07. The molecule has 2 N–H and O–H groups in total. The zero-order chi connectivity index (χ0) is 13.4. The third-order valence-corrected chi connectivity index (χ3v) is 4.27. The number of aromatic nitrogens is 2. The highest BCUT2D eigenvalue weighted by atomic mass is 32.2. The highest BCUT2D eigenvalue weighted by molar-refractivity contribution is 7.99. The molecule has 0 aliphatic carbocycles. The van der Waals surface area contributed by atoms with Gasteiger partial charge in [0, 0.05) is 16.3 Å². The lowest BCUT2D eigenvalue weighted by Gasteiger charge is -2.04. The lowest BCUT2D eigenvalue weighted by molar-refractivity contribution is 0.565. The largest absolute Gasteiger partial charge is 0.368 e. The van der Waals surface area contributed by atoms with Crippen LogP contribution < -0.4 is 5.73 Å². The summed E-state index contributed by atoms with van der Waals surface area (Å²) in [4.78, 5) is 9.25. The fraction of sp³-hybridized carbons (Fsp3) is 0. The molecule has 0 unspecified atom stereocenters. The molecule has 0 aliphatic heterocycles. The highest BCUT2D eigenvalue weighted by Crippen LogP contribution is 2.35. The van der Waals surface area contributed by atoms with E-state index < -0.39 is 11.6 Å². The van der Waals surface area contributed by atoms with E-state index in [1.165, 1.54) is 23.5 Å². The number of hydrogen-bond acceptors (Lipinski definition) is 5. The second-order valence-electron chi connectivity index (χ2n) is 3.70. The van der Waals surface area contributed by atoms with Crippen LogP contribution >= 0.6 is 23.1 Å². The van der Waals surface area contributed by atoms with Crippen LogP contribution in [0.4, 0.5) is 14.7 Å². The summed E-state index contributed by atoms with van der Waals surface area (Å²) in [5.74, 6) is -1.09.